The Morgan fingerprint density at radius 2 is 0.870 bits per heavy atom. The third kappa shape index (κ3) is 3.59. The number of nitrogens with zero attached hydrogens (tertiary/aromatic N) is 1. The monoisotopic (exact) mass is 585 g/mol. The smallest absolute Gasteiger partial charge is 0.137 e. The minimum atomic E-state index is 0.905. The summed E-state index contributed by atoms with van der Waals surface area (Å²) in [7, 11) is 0. The largest absolute Gasteiger partial charge is 0.456 e. The van der Waals surface area contributed by atoms with Gasteiger partial charge in [-0.25, -0.2) is 0 Å². The van der Waals surface area contributed by atoms with Crippen LogP contribution in [0.2, 0.25) is 0 Å². The molecule has 46 heavy (non-hydrogen) atoms. The quantitative estimate of drug-likeness (QED) is 0.189. The van der Waals surface area contributed by atoms with Gasteiger partial charge in [-0.3, -0.25) is 0 Å². The van der Waals surface area contributed by atoms with Gasteiger partial charge in [0.2, 0.25) is 0 Å². The lowest BCUT2D eigenvalue weighted by atomic mass is 9.86. The van der Waals surface area contributed by atoms with Gasteiger partial charge in [-0.1, -0.05) is 121 Å². The van der Waals surface area contributed by atoms with Crippen molar-refractivity contribution in [1.82, 2.24) is 4.57 Å². The number of furan rings is 1. The lowest BCUT2D eigenvalue weighted by molar-refractivity contribution is 0.669. The van der Waals surface area contributed by atoms with Crippen molar-refractivity contribution in [2.75, 3.05) is 0 Å². The van der Waals surface area contributed by atoms with Gasteiger partial charge in [-0.2, -0.15) is 0 Å². The third-order valence-corrected chi connectivity index (χ3v) is 9.56. The maximum Gasteiger partial charge on any atom is 0.137 e. The summed E-state index contributed by atoms with van der Waals surface area (Å²) < 4.78 is 8.74. The van der Waals surface area contributed by atoms with Crippen LogP contribution in [0.5, 0.6) is 0 Å². The molecule has 2 nitrogen and oxygen atoms in total. The van der Waals surface area contributed by atoms with E-state index in [1.807, 2.05) is 6.07 Å². The standard InChI is InChI=1S/C44H27NO/c1-3-13-28(14-4-1)43-32-18-7-9-20-34(32)44(35-21-10-8-19-33(35)43)29-23-24-39-36(25-29)37-26-38-31-17-11-12-22-41(31)46-42(38)27-40(37)45(39)30-15-5-2-6-16-30/h1-27H. The normalized spacial score (nSPS) is 11.9. The summed E-state index contributed by atoms with van der Waals surface area (Å²) in [4.78, 5) is 0. The van der Waals surface area contributed by atoms with Crippen molar-refractivity contribution in [3.63, 3.8) is 0 Å². The van der Waals surface area contributed by atoms with Gasteiger partial charge in [0.1, 0.15) is 11.2 Å². The number of hydrogen-bond acceptors (Lipinski definition) is 1. The molecule has 0 atom stereocenters. The van der Waals surface area contributed by atoms with Crippen LogP contribution in [0.25, 0.3) is 93.2 Å². The summed E-state index contributed by atoms with van der Waals surface area (Å²) in [6.07, 6.45) is 0. The summed E-state index contributed by atoms with van der Waals surface area (Å²) in [6.45, 7) is 0. The molecule has 10 aromatic rings. The Morgan fingerprint density at radius 1 is 0.326 bits per heavy atom. The number of para-hydroxylation sites is 2. The molecule has 0 saturated heterocycles. The van der Waals surface area contributed by atoms with Crippen LogP contribution in [0.3, 0.4) is 0 Å². The first-order chi connectivity index (χ1) is 22.8. The zero-order valence-electron chi connectivity index (χ0n) is 24.9. The Kier molecular flexibility index (Phi) is 5.31. The summed E-state index contributed by atoms with van der Waals surface area (Å²) in [5, 5.41) is 9.77. The van der Waals surface area contributed by atoms with Gasteiger partial charge in [0.05, 0.1) is 11.0 Å². The van der Waals surface area contributed by atoms with Crippen LogP contribution in [-0.4, -0.2) is 4.57 Å². The lowest BCUT2D eigenvalue weighted by Crippen LogP contribution is -1.93. The van der Waals surface area contributed by atoms with E-state index in [1.165, 1.54) is 60.1 Å². The highest BCUT2D eigenvalue weighted by molar-refractivity contribution is 6.23. The molecule has 0 unspecified atom stereocenters. The average molecular weight is 586 g/mol. The van der Waals surface area contributed by atoms with E-state index in [2.05, 4.69) is 162 Å². The van der Waals surface area contributed by atoms with E-state index >= 15 is 0 Å². The Balaban J connectivity index is 1.33. The average Bonchev–Trinajstić information content (AvgIpc) is 3.64. The van der Waals surface area contributed by atoms with Gasteiger partial charge in [0, 0.05) is 33.3 Å². The highest BCUT2D eigenvalue weighted by atomic mass is 16.3. The topological polar surface area (TPSA) is 18.1 Å². The molecule has 10 rings (SSSR count). The Bertz CT molecular complexity index is 2730. The van der Waals surface area contributed by atoms with Gasteiger partial charge < -0.3 is 8.98 Å². The molecule has 0 aliphatic rings. The van der Waals surface area contributed by atoms with Gasteiger partial charge in [0.15, 0.2) is 0 Å². The molecular formula is C44H27NO. The molecule has 0 N–H and O–H groups in total. The van der Waals surface area contributed by atoms with E-state index in [9.17, 15) is 0 Å². The minimum absolute atomic E-state index is 0.905. The number of rotatable bonds is 3. The summed E-state index contributed by atoms with van der Waals surface area (Å²) in [6, 6.07) is 59.1. The third-order valence-electron chi connectivity index (χ3n) is 9.56. The second-order valence-corrected chi connectivity index (χ2v) is 12.1. The molecule has 2 aromatic heterocycles. The highest BCUT2D eigenvalue weighted by Gasteiger charge is 2.20. The molecule has 2 heterocycles. The van der Waals surface area contributed by atoms with Crippen LogP contribution >= 0.6 is 0 Å². The molecular weight excluding hydrogens is 558 g/mol. The SMILES string of the molecule is c1ccc(-c2c3ccccc3c(-c3ccc4c(c3)c3cc5c(cc3n4-c3ccccc3)oc3ccccc35)c3ccccc23)cc1. The molecule has 8 aromatic carbocycles. The van der Waals surface area contributed by atoms with E-state index in [1.54, 1.807) is 0 Å². The first-order valence-corrected chi connectivity index (χ1v) is 15.8. The van der Waals surface area contributed by atoms with Crippen molar-refractivity contribution >= 4 is 65.3 Å². The Hall–Kier alpha value is -6.12. The maximum absolute atomic E-state index is 6.37. The fourth-order valence-corrected chi connectivity index (χ4v) is 7.60. The van der Waals surface area contributed by atoms with Gasteiger partial charge in [-0.15, -0.1) is 0 Å². The van der Waals surface area contributed by atoms with Crippen molar-refractivity contribution in [2.45, 2.75) is 0 Å². The Morgan fingerprint density at radius 3 is 1.54 bits per heavy atom. The van der Waals surface area contributed by atoms with Crippen molar-refractivity contribution in [3.8, 4) is 27.9 Å². The van der Waals surface area contributed by atoms with Gasteiger partial charge in [-0.05, 0) is 80.2 Å². The fraction of sp³-hybridized carbons (Fsp3) is 0. The van der Waals surface area contributed by atoms with E-state index < -0.39 is 0 Å². The molecule has 0 fully saturated rings. The molecule has 214 valence electrons. The molecule has 0 saturated carbocycles. The predicted octanol–water partition coefficient (Wildman–Crippen LogP) is 12.3. The first-order valence-electron chi connectivity index (χ1n) is 15.8. The van der Waals surface area contributed by atoms with Crippen LogP contribution in [-0.2, 0) is 0 Å². The molecule has 2 heteroatoms. The number of hydrogen-bond donors (Lipinski definition) is 0. The van der Waals surface area contributed by atoms with Crippen LogP contribution in [0.4, 0.5) is 0 Å². The van der Waals surface area contributed by atoms with E-state index in [0.717, 1.165) is 33.1 Å². The predicted molar refractivity (Wildman–Crippen MR) is 194 cm³/mol. The Labute approximate surface area is 265 Å². The molecule has 0 aliphatic carbocycles. The first kappa shape index (κ1) is 25.2. The van der Waals surface area contributed by atoms with Gasteiger partial charge in [0.25, 0.3) is 0 Å². The van der Waals surface area contributed by atoms with Crippen LogP contribution in [0.15, 0.2) is 168 Å². The second kappa shape index (κ2) is 9.69. The zero-order chi connectivity index (χ0) is 30.2. The van der Waals surface area contributed by atoms with Crippen molar-refractivity contribution < 1.29 is 4.42 Å². The van der Waals surface area contributed by atoms with Gasteiger partial charge >= 0.3 is 0 Å². The van der Waals surface area contributed by atoms with Crippen molar-refractivity contribution in [1.29, 1.82) is 0 Å². The zero-order valence-corrected chi connectivity index (χ0v) is 24.9. The van der Waals surface area contributed by atoms with E-state index in [0.29, 0.717) is 0 Å². The fourth-order valence-electron chi connectivity index (χ4n) is 7.60. The molecule has 0 bridgehead atoms. The van der Waals surface area contributed by atoms with E-state index in [-0.39, 0.29) is 0 Å². The molecule has 0 radical (unpaired) electrons. The summed E-state index contributed by atoms with van der Waals surface area (Å²) in [5.41, 5.74) is 10.3. The molecule has 0 amide bonds. The highest BCUT2D eigenvalue weighted by Crippen LogP contribution is 2.45. The molecule has 0 spiro atoms. The lowest BCUT2D eigenvalue weighted by Gasteiger charge is -2.18. The van der Waals surface area contributed by atoms with Crippen LogP contribution in [0.1, 0.15) is 0 Å². The van der Waals surface area contributed by atoms with E-state index in [4.69, 9.17) is 4.42 Å². The minimum Gasteiger partial charge on any atom is -0.456 e. The van der Waals surface area contributed by atoms with Crippen LogP contribution in [0, 0.1) is 0 Å². The second-order valence-electron chi connectivity index (χ2n) is 12.1. The number of aromatic nitrogens is 1. The van der Waals surface area contributed by atoms with Crippen LogP contribution < -0.4 is 0 Å². The van der Waals surface area contributed by atoms with Crippen molar-refractivity contribution in [2.24, 2.45) is 0 Å². The maximum atomic E-state index is 6.37. The summed E-state index contributed by atoms with van der Waals surface area (Å²) >= 11 is 0. The number of benzene rings is 8. The number of fused-ring (bicyclic) bond motifs is 8. The van der Waals surface area contributed by atoms with Crippen molar-refractivity contribution in [3.05, 3.63) is 164 Å². The summed E-state index contributed by atoms with van der Waals surface area (Å²) in [5.74, 6) is 0. The molecule has 0 aliphatic heterocycles.